The summed E-state index contributed by atoms with van der Waals surface area (Å²) in [4.78, 5) is 0. The first-order valence-corrected chi connectivity index (χ1v) is 6.28. The molecule has 0 bridgehead atoms. The van der Waals surface area contributed by atoms with Crippen LogP contribution >= 0.6 is 0 Å². The fourth-order valence-electron chi connectivity index (χ4n) is 2.01. The van der Waals surface area contributed by atoms with E-state index in [-0.39, 0.29) is 18.7 Å². The van der Waals surface area contributed by atoms with E-state index in [9.17, 15) is 5.11 Å². The van der Waals surface area contributed by atoms with Gasteiger partial charge in [0.2, 0.25) is 0 Å². The van der Waals surface area contributed by atoms with Crippen molar-refractivity contribution in [2.24, 2.45) is 0 Å². The lowest BCUT2D eigenvalue weighted by Crippen LogP contribution is -2.33. The second-order valence-corrected chi connectivity index (χ2v) is 4.50. The van der Waals surface area contributed by atoms with Crippen LogP contribution in [0, 0.1) is 0 Å². The molecule has 0 spiro atoms. The van der Waals surface area contributed by atoms with Crippen molar-refractivity contribution in [3.05, 3.63) is 71.8 Å². The van der Waals surface area contributed by atoms with Crippen LogP contribution in [0.15, 0.2) is 60.7 Å². The fourth-order valence-corrected chi connectivity index (χ4v) is 2.01. The van der Waals surface area contributed by atoms with Crippen LogP contribution in [0.5, 0.6) is 0 Å². The molecular formula is C16H19NO. The molecule has 2 aromatic carbocycles. The first kappa shape index (κ1) is 12.8. The van der Waals surface area contributed by atoms with Gasteiger partial charge < -0.3 is 10.4 Å². The average molecular weight is 241 g/mol. The predicted octanol–water partition coefficient (Wildman–Crippen LogP) is 2.75. The van der Waals surface area contributed by atoms with Gasteiger partial charge in [0, 0.05) is 6.04 Å². The van der Waals surface area contributed by atoms with Gasteiger partial charge in [-0.3, -0.25) is 0 Å². The van der Waals surface area contributed by atoms with Gasteiger partial charge in [-0.1, -0.05) is 60.7 Å². The summed E-state index contributed by atoms with van der Waals surface area (Å²) >= 11 is 0. The molecule has 0 aliphatic carbocycles. The fraction of sp³-hybridized carbons (Fsp3) is 0.250. The number of hydrogen-bond donors (Lipinski definition) is 2. The standard InChI is InChI=1S/C16H19NO/c1-13(12-18)17-16(14-8-4-2-5-9-14)15-10-6-3-7-11-15/h2-11,13,16-18H,12H2,1H3. The first-order valence-electron chi connectivity index (χ1n) is 6.28. The Morgan fingerprint density at radius 2 is 1.33 bits per heavy atom. The average Bonchev–Trinajstić information content (AvgIpc) is 2.46. The van der Waals surface area contributed by atoms with E-state index in [0.29, 0.717) is 0 Å². The third-order valence-corrected chi connectivity index (χ3v) is 2.99. The van der Waals surface area contributed by atoms with Crippen molar-refractivity contribution in [3.63, 3.8) is 0 Å². The quantitative estimate of drug-likeness (QED) is 0.843. The van der Waals surface area contributed by atoms with Crippen LogP contribution in [0.4, 0.5) is 0 Å². The van der Waals surface area contributed by atoms with Gasteiger partial charge in [0.15, 0.2) is 0 Å². The van der Waals surface area contributed by atoms with Gasteiger partial charge in [0.25, 0.3) is 0 Å². The molecule has 0 saturated carbocycles. The van der Waals surface area contributed by atoms with Crippen LogP contribution in [0.2, 0.25) is 0 Å². The van der Waals surface area contributed by atoms with Gasteiger partial charge in [-0.2, -0.15) is 0 Å². The third-order valence-electron chi connectivity index (χ3n) is 2.99. The zero-order chi connectivity index (χ0) is 12.8. The Kier molecular flexibility index (Phi) is 4.51. The van der Waals surface area contributed by atoms with E-state index in [1.807, 2.05) is 43.3 Å². The van der Waals surface area contributed by atoms with Crippen molar-refractivity contribution in [2.75, 3.05) is 6.61 Å². The molecule has 2 rings (SSSR count). The van der Waals surface area contributed by atoms with Crippen molar-refractivity contribution >= 4 is 0 Å². The molecular weight excluding hydrogens is 222 g/mol. The van der Waals surface area contributed by atoms with Gasteiger partial charge in [-0.15, -0.1) is 0 Å². The lowest BCUT2D eigenvalue weighted by atomic mass is 9.98. The molecule has 1 atom stereocenters. The maximum Gasteiger partial charge on any atom is 0.0582 e. The highest BCUT2D eigenvalue weighted by Gasteiger charge is 2.15. The molecule has 2 aromatic rings. The second-order valence-electron chi connectivity index (χ2n) is 4.50. The first-order chi connectivity index (χ1) is 8.81. The molecule has 2 nitrogen and oxygen atoms in total. The SMILES string of the molecule is CC(CO)NC(c1ccccc1)c1ccccc1. The van der Waals surface area contributed by atoms with Crippen LogP contribution < -0.4 is 5.32 Å². The lowest BCUT2D eigenvalue weighted by molar-refractivity contribution is 0.245. The molecule has 1 unspecified atom stereocenters. The van der Waals surface area contributed by atoms with Gasteiger partial charge in [0.1, 0.15) is 0 Å². The minimum absolute atomic E-state index is 0.0652. The Morgan fingerprint density at radius 3 is 1.72 bits per heavy atom. The Morgan fingerprint density at radius 1 is 0.889 bits per heavy atom. The number of rotatable bonds is 5. The molecule has 94 valence electrons. The van der Waals surface area contributed by atoms with Gasteiger partial charge in [0.05, 0.1) is 12.6 Å². The van der Waals surface area contributed by atoms with E-state index in [0.717, 1.165) is 0 Å². The van der Waals surface area contributed by atoms with Crippen LogP contribution in [0.1, 0.15) is 24.1 Å². The van der Waals surface area contributed by atoms with E-state index in [1.54, 1.807) is 0 Å². The minimum atomic E-state index is 0.0652. The number of hydrogen-bond acceptors (Lipinski definition) is 2. The maximum absolute atomic E-state index is 9.21. The van der Waals surface area contributed by atoms with Gasteiger partial charge >= 0.3 is 0 Å². The Bertz CT molecular complexity index is 416. The van der Waals surface area contributed by atoms with Crippen molar-refractivity contribution in [2.45, 2.75) is 19.0 Å². The maximum atomic E-state index is 9.21. The summed E-state index contributed by atoms with van der Waals surface area (Å²) in [6, 6.07) is 20.8. The molecule has 0 aliphatic heterocycles. The summed E-state index contributed by atoms with van der Waals surface area (Å²) in [6.07, 6.45) is 0. The van der Waals surface area contributed by atoms with Crippen molar-refractivity contribution in [1.82, 2.24) is 5.32 Å². The van der Waals surface area contributed by atoms with E-state index < -0.39 is 0 Å². The summed E-state index contributed by atoms with van der Waals surface area (Å²) in [7, 11) is 0. The molecule has 0 saturated heterocycles. The number of aliphatic hydroxyl groups excluding tert-OH is 1. The molecule has 0 aromatic heterocycles. The molecule has 0 amide bonds. The molecule has 0 fully saturated rings. The highest BCUT2D eigenvalue weighted by molar-refractivity contribution is 5.31. The van der Waals surface area contributed by atoms with Crippen LogP contribution in [0.25, 0.3) is 0 Å². The summed E-state index contributed by atoms with van der Waals surface area (Å²) in [5, 5.41) is 12.7. The number of nitrogens with one attached hydrogen (secondary N) is 1. The van der Waals surface area contributed by atoms with E-state index in [4.69, 9.17) is 0 Å². The predicted molar refractivity (Wildman–Crippen MR) is 74.4 cm³/mol. The van der Waals surface area contributed by atoms with Crippen LogP contribution in [-0.4, -0.2) is 17.8 Å². The second kappa shape index (κ2) is 6.34. The highest BCUT2D eigenvalue weighted by atomic mass is 16.3. The number of aliphatic hydroxyl groups is 1. The molecule has 2 N–H and O–H groups in total. The van der Waals surface area contributed by atoms with Crippen molar-refractivity contribution < 1.29 is 5.11 Å². The Hall–Kier alpha value is -1.64. The molecule has 2 heteroatoms. The molecule has 0 aliphatic rings. The normalized spacial score (nSPS) is 12.6. The molecule has 0 heterocycles. The van der Waals surface area contributed by atoms with Crippen molar-refractivity contribution in [3.8, 4) is 0 Å². The van der Waals surface area contributed by atoms with Gasteiger partial charge in [-0.25, -0.2) is 0 Å². The lowest BCUT2D eigenvalue weighted by Gasteiger charge is -2.23. The van der Waals surface area contributed by atoms with Gasteiger partial charge in [-0.05, 0) is 18.1 Å². The Labute approximate surface area is 108 Å². The highest BCUT2D eigenvalue weighted by Crippen LogP contribution is 2.22. The Balaban J connectivity index is 2.29. The summed E-state index contributed by atoms with van der Waals surface area (Å²) in [5.74, 6) is 0. The van der Waals surface area contributed by atoms with Crippen LogP contribution in [0.3, 0.4) is 0 Å². The smallest absolute Gasteiger partial charge is 0.0582 e. The zero-order valence-corrected chi connectivity index (χ0v) is 10.6. The molecule has 18 heavy (non-hydrogen) atoms. The number of benzene rings is 2. The van der Waals surface area contributed by atoms with E-state index in [2.05, 4.69) is 29.6 Å². The van der Waals surface area contributed by atoms with E-state index >= 15 is 0 Å². The monoisotopic (exact) mass is 241 g/mol. The minimum Gasteiger partial charge on any atom is -0.395 e. The summed E-state index contributed by atoms with van der Waals surface area (Å²) < 4.78 is 0. The van der Waals surface area contributed by atoms with Crippen molar-refractivity contribution in [1.29, 1.82) is 0 Å². The van der Waals surface area contributed by atoms with Crippen LogP contribution in [-0.2, 0) is 0 Å². The topological polar surface area (TPSA) is 32.3 Å². The summed E-state index contributed by atoms with van der Waals surface area (Å²) in [6.45, 7) is 2.12. The third kappa shape index (κ3) is 3.19. The zero-order valence-electron chi connectivity index (χ0n) is 10.6. The van der Waals surface area contributed by atoms with E-state index in [1.165, 1.54) is 11.1 Å². The largest absolute Gasteiger partial charge is 0.395 e. The summed E-state index contributed by atoms with van der Waals surface area (Å²) in [5.41, 5.74) is 2.42. The molecule has 0 radical (unpaired) electrons.